The lowest BCUT2D eigenvalue weighted by Crippen LogP contribution is -2.50. The van der Waals surface area contributed by atoms with Gasteiger partial charge in [0.1, 0.15) is 0 Å². The number of carbonyl (C=O) groups is 2. The van der Waals surface area contributed by atoms with Crippen molar-refractivity contribution < 1.29 is 41.2 Å². The number of rotatable bonds is 7. The molecule has 0 aromatic heterocycles. The van der Waals surface area contributed by atoms with E-state index in [1.54, 1.807) is 0 Å². The van der Waals surface area contributed by atoms with Gasteiger partial charge in [-0.2, -0.15) is 8.42 Å². The van der Waals surface area contributed by atoms with E-state index in [1.807, 2.05) is 0 Å². The highest BCUT2D eigenvalue weighted by Gasteiger charge is 2.50. The summed E-state index contributed by atoms with van der Waals surface area (Å²) >= 11 is 0. The Kier molecular flexibility index (Phi) is 5.01. The number of aliphatic carboxylic acids is 2. The molecule has 0 saturated carbocycles. The minimum atomic E-state index is -5.40. The zero-order valence-electron chi connectivity index (χ0n) is 8.75. The van der Waals surface area contributed by atoms with Crippen LogP contribution in [0.2, 0.25) is 0 Å². The van der Waals surface area contributed by atoms with Crippen molar-refractivity contribution in [1.82, 2.24) is 0 Å². The van der Waals surface area contributed by atoms with Crippen molar-refractivity contribution in [2.45, 2.75) is 10.5 Å². The van der Waals surface area contributed by atoms with Crippen LogP contribution in [0.25, 0.3) is 0 Å². The summed E-state index contributed by atoms with van der Waals surface area (Å²) in [5.74, 6) is -5.41. The van der Waals surface area contributed by atoms with Gasteiger partial charge in [0.25, 0.3) is 10.1 Å². The van der Waals surface area contributed by atoms with Gasteiger partial charge in [-0.15, -0.1) is 6.58 Å². The van der Waals surface area contributed by atoms with E-state index >= 15 is 0 Å². The lowest BCUT2D eigenvalue weighted by atomic mass is 10.3. The summed E-state index contributed by atoms with van der Waals surface area (Å²) in [5, 5.41) is 11.4. The highest BCUT2D eigenvalue weighted by molar-refractivity contribution is 7.95. The summed E-state index contributed by atoms with van der Waals surface area (Å²) in [4.78, 5) is 21.4. The van der Waals surface area contributed by atoms with E-state index in [9.17, 15) is 26.4 Å². The van der Waals surface area contributed by atoms with Crippen molar-refractivity contribution >= 4 is 31.9 Å². The van der Waals surface area contributed by atoms with Crippen LogP contribution in [-0.4, -0.2) is 59.8 Å². The molecule has 0 rings (SSSR count). The Balaban J connectivity index is 5.98. The lowest BCUT2D eigenvalue weighted by Gasteiger charge is -2.17. The smallest absolute Gasteiger partial charge is 0.326 e. The molecule has 3 N–H and O–H groups in total. The third-order valence-electron chi connectivity index (χ3n) is 1.82. The van der Waals surface area contributed by atoms with Crippen LogP contribution < -0.4 is 0 Å². The summed E-state index contributed by atoms with van der Waals surface area (Å²) in [7, 11) is -10.0. The van der Waals surface area contributed by atoms with Gasteiger partial charge in [0.05, 0.1) is 5.75 Å². The van der Waals surface area contributed by atoms with E-state index in [1.165, 1.54) is 0 Å². The largest absolute Gasteiger partial charge is 0.480 e. The first-order valence-corrected chi connectivity index (χ1v) is 7.41. The minimum absolute atomic E-state index is 0.772. The van der Waals surface area contributed by atoms with Crippen molar-refractivity contribution in [2.24, 2.45) is 0 Å². The second kappa shape index (κ2) is 5.46. The molecule has 9 nitrogen and oxygen atoms in total. The Morgan fingerprint density at radius 3 is 1.67 bits per heavy atom. The van der Waals surface area contributed by atoms with Gasteiger partial charge in [0, 0.05) is 0 Å². The van der Waals surface area contributed by atoms with Gasteiger partial charge in [0.2, 0.25) is 5.25 Å². The van der Waals surface area contributed by atoms with Gasteiger partial charge in [0.15, 0.2) is 15.1 Å². The third-order valence-corrected chi connectivity index (χ3v) is 5.06. The van der Waals surface area contributed by atoms with Crippen molar-refractivity contribution in [1.29, 1.82) is 0 Å². The number of carboxylic acids is 2. The first kappa shape index (κ1) is 16.5. The van der Waals surface area contributed by atoms with Gasteiger partial charge >= 0.3 is 11.9 Å². The van der Waals surface area contributed by atoms with E-state index in [2.05, 4.69) is 6.58 Å². The molecule has 0 spiro atoms. The minimum Gasteiger partial charge on any atom is -0.480 e. The summed E-state index contributed by atoms with van der Waals surface area (Å²) < 4.78 is 53.2. The Hall–Kier alpha value is -1.46. The topological polar surface area (TPSA) is 163 Å². The molecule has 0 amide bonds. The molecule has 0 bridgehead atoms. The Morgan fingerprint density at radius 1 is 1.06 bits per heavy atom. The number of hydrogen-bond acceptors (Lipinski definition) is 6. The maximum atomic E-state index is 11.5. The highest BCUT2D eigenvalue weighted by Crippen LogP contribution is 2.16. The average molecular weight is 302 g/mol. The van der Waals surface area contributed by atoms with E-state index in [4.69, 9.17) is 14.8 Å². The first-order chi connectivity index (χ1) is 7.95. The van der Waals surface area contributed by atoms with Crippen molar-refractivity contribution in [3.05, 3.63) is 12.7 Å². The fourth-order valence-corrected chi connectivity index (χ4v) is 4.10. The molecule has 0 fully saturated rings. The molecule has 2 unspecified atom stereocenters. The second-order valence-corrected chi connectivity index (χ2v) is 6.86. The van der Waals surface area contributed by atoms with E-state index in [-0.39, 0.29) is 0 Å². The average Bonchev–Trinajstić information content (AvgIpc) is 2.09. The van der Waals surface area contributed by atoms with Crippen LogP contribution in [0.1, 0.15) is 0 Å². The zero-order valence-corrected chi connectivity index (χ0v) is 10.4. The van der Waals surface area contributed by atoms with Gasteiger partial charge < -0.3 is 10.2 Å². The summed E-state index contributed by atoms with van der Waals surface area (Å²) in [6, 6.07) is 0. The zero-order chi connectivity index (χ0) is 14.7. The monoisotopic (exact) mass is 302 g/mol. The molecule has 0 aromatic rings. The van der Waals surface area contributed by atoms with Crippen LogP contribution in [0.5, 0.6) is 0 Å². The summed E-state index contributed by atoms with van der Waals surface area (Å²) in [6.45, 7) is 3.02. The lowest BCUT2D eigenvalue weighted by molar-refractivity contribution is -0.142. The summed E-state index contributed by atoms with van der Waals surface area (Å²) in [6.07, 6.45) is 0.772. The van der Waals surface area contributed by atoms with E-state index in [0.717, 1.165) is 6.08 Å². The van der Waals surface area contributed by atoms with Gasteiger partial charge in [-0.05, 0) is 0 Å². The molecule has 0 aliphatic carbocycles. The van der Waals surface area contributed by atoms with Crippen LogP contribution in [0.3, 0.4) is 0 Å². The van der Waals surface area contributed by atoms with Crippen LogP contribution >= 0.6 is 0 Å². The SMILES string of the molecule is C=CCS(=O)(=O)C(C(=O)O)C(C(=O)O)S(=O)(=O)O. The molecular weight excluding hydrogens is 292 g/mol. The predicted molar refractivity (Wildman–Crippen MR) is 58.4 cm³/mol. The quantitative estimate of drug-likeness (QED) is 0.370. The molecule has 18 heavy (non-hydrogen) atoms. The summed E-state index contributed by atoms with van der Waals surface area (Å²) in [5.41, 5.74) is 0. The first-order valence-electron chi connectivity index (χ1n) is 4.19. The third kappa shape index (κ3) is 3.78. The second-order valence-electron chi connectivity index (χ2n) is 3.15. The molecule has 0 heterocycles. The van der Waals surface area contributed by atoms with Crippen molar-refractivity contribution in [3.8, 4) is 0 Å². The van der Waals surface area contributed by atoms with Crippen molar-refractivity contribution in [2.75, 3.05) is 5.75 Å². The van der Waals surface area contributed by atoms with Crippen LogP contribution in [-0.2, 0) is 29.5 Å². The fourth-order valence-electron chi connectivity index (χ4n) is 1.15. The molecule has 0 aliphatic rings. The highest BCUT2D eigenvalue weighted by atomic mass is 32.2. The maximum Gasteiger partial charge on any atom is 0.326 e. The molecule has 0 radical (unpaired) electrons. The van der Waals surface area contributed by atoms with Gasteiger partial charge in [-0.3, -0.25) is 14.1 Å². The normalized spacial score (nSPS) is 15.6. The molecule has 104 valence electrons. The van der Waals surface area contributed by atoms with Crippen LogP contribution in [0, 0.1) is 0 Å². The molecule has 0 aliphatic heterocycles. The molecule has 2 atom stereocenters. The maximum absolute atomic E-state index is 11.5. The Labute approximate surface area is 102 Å². The standard InChI is InChI=1S/C7H10O9S2/c1-2-3-17(12,13)4(6(8)9)5(7(10)11)18(14,15)16/h2,4-5H,1,3H2,(H,8,9)(H,10,11)(H,14,15,16). The van der Waals surface area contributed by atoms with E-state index < -0.39 is 48.1 Å². The fraction of sp³-hybridized carbons (Fsp3) is 0.429. The Bertz CT molecular complexity index is 556. The van der Waals surface area contributed by atoms with Crippen LogP contribution in [0.15, 0.2) is 12.7 Å². The molecule has 0 aromatic carbocycles. The molecule has 0 saturated heterocycles. The number of sulfone groups is 1. The molecular formula is C7H10O9S2. The number of carboxylic acid groups (broad SMARTS) is 2. The van der Waals surface area contributed by atoms with Crippen molar-refractivity contribution in [3.63, 3.8) is 0 Å². The predicted octanol–water partition coefficient (Wildman–Crippen LogP) is -1.62. The number of hydrogen-bond donors (Lipinski definition) is 3. The van der Waals surface area contributed by atoms with Gasteiger partial charge in [-0.25, -0.2) is 8.42 Å². The van der Waals surface area contributed by atoms with E-state index in [0.29, 0.717) is 0 Å². The van der Waals surface area contributed by atoms with Crippen LogP contribution in [0.4, 0.5) is 0 Å². The molecule has 11 heteroatoms. The van der Waals surface area contributed by atoms with Gasteiger partial charge in [-0.1, -0.05) is 6.08 Å². The Morgan fingerprint density at radius 2 is 1.44 bits per heavy atom.